The van der Waals surface area contributed by atoms with Crippen molar-refractivity contribution in [1.82, 2.24) is 0 Å². The van der Waals surface area contributed by atoms with Gasteiger partial charge in [0, 0.05) is 24.5 Å². The summed E-state index contributed by atoms with van der Waals surface area (Å²) in [6, 6.07) is 14.9. The van der Waals surface area contributed by atoms with E-state index in [1.165, 1.54) is 16.8 Å². The normalized spacial score (nSPS) is 14.1. The van der Waals surface area contributed by atoms with E-state index in [9.17, 15) is 0 Å². The summed E-state index contributed by atoms with van der Waals surface area (Å²) in [6.07, 6.45) is 6.33. The maximum Gasteiger partial charge on any atom is 0.193 e. The highest BCUT2D eigenvalue weighted by Gasteiger charge is 2.08. The number of hydrogen-bond acceptors (Lipinski definition) is 2. The highest BCUT2D eigenvalue weighted by Crippen LogP contribution is 2.22. The molecule has 4 nitrogen and oxygen atoms in total. The average Bonchev–Trinajstić information content (AvgIpc) is 3.21. The number of benzene rings is 2. The van der Waals surface area contributed by atoms with Gasteiger partial charge in [-0.2, -0.15) is 0 Å². The van der Waals surface area contributed by atoms with Crippen LogP contribution in [0.15, 0.2) is 59.6 Å². The summed E-state index contributed by atoms with van der Waals surface area (Å²) in [5.74, 6) is 0.466. The molecule has 3 rings (SSSR count). The largest absolute Gasteiger partial charge is 0.370 e. The summed E-state index contributed by atoms with van der Waals surface area (Å²) >= 11 is 0. The second kappa shape index (κ2) is 8.56. The quantitative estimate of drug-likeness (QED) is 0.469. The first-order chi connectivity index (χ1) is 12.7. The molecular weight excluding hydrogens is 320 g/mol. The third-order valence-electron chi connectivity index (χ3n) is 4.80. The molecule has 0 atom stereocenters. The molecule has 0 aliphatic carbocycles. The van der Waals surface area contributed by atoms with Crippen LogP contribution in [0.5, 0.6) is 0 Å². The number of anilines is 2. The Morgan fingerprint density at radius 1 is 1.00 bits per heavy atom. The summed E-state index contributed by atoms with van der Waals surface area (Å²) in [5, 5.41) is 3.32. The van der Waals surface area contributed by atoms with Gasteiger partial charge in [0.1, 0.15) is 0 Å². The van der Waals surface area contributed by atoms with E-state index in [2.05, 4.69) is 83.7 Å². The topological polar surface area (TPSA) is 53.6 Å². The molecule has 0 fully saturated rings. The Morgan fingerprint density at radius 3 is 2.19 bits per heavy atom. The highest BCUT2D eigenvalue weighted by atomic mass is 15.1. The molecule has 0 unspecified atom stereocenters. The number of aliphatic imine (C=N–C) groups is 1. The first-order valence-corrected chi connectivity index (χ1v) is 9.37. The molecule has 2 aromatic carbocycles. The number of aryl methyl sites for hydroxylation is 2. The Bertz CT molecular complexity index is 760. The van der Waals surface area contributed by atoms with Gasteiger partial charge >= 0.3 is 0 Å². The lowest BCUT2D eigenvalue weighted by Crippen LogP contribution is -2.24. The van der Waals surface area contributed by atoms with Gasteiger partial charge in [-0.1, -0.05) is 56.3 Å². The van der Waals surface area contributed by atoms with E-state index in [4.69, 9.17) is 5.73 Å². The smallest absolute Gasteiger partial charge is 0.193 e. The molecule has 1 aliphatic heterocycles. The van der Waals surface area contributed by atoms with Gasteiger partial charge in [-0.05, 0) is 41.7 Å². The van der Waals surface area contributed by atoms with Crippen molar-refractivity contribution < 1.29 is 0 Å². The van der Waals surface area contributed by atoms with Gasteiger partial charge in [0.25, 0.3) is 0 Å². The molecule has 0 radical (unpaired) electrons. The van der Waals surface area contributed by atoms with Crippen LogP contribution in [0.2, 0.25) is 0 Å². The lowest BCUT2D eigenvalue weighted by molar-refractivity contribution is 0.999. The Balaban J connectivity index is 1.65. The summed E-state index contributed by atoms with van der Waals surface area (Å²) in [4.78, 5) is 6.86. The van der Waals surface area contributed by atoms with E-state index in [0.29, 0.717) is 12.5 Å². The molecule has 0 amide bonds. The Hall–Kier alpha value is -2.75. The number of nitrogens with two attached hydrogens (primary N) is 1. The molecule has 2 aromatic rings. The first-order valence-electron chi connectivity index (χ1n) is 9.37. The lowest BCUT2D eigenvalue weighted by Gasteiger charge is -2.17. The number of guanidine groups is 1. The van der Waals surface area contributed by atoms with Crippen LogP contribution < -0.4 is 16.0 Å². The molecule has 136 valence electrons. The van der Waals surface area contributed by atoms with Crippen LogP contribution in [-0.4, -0.2) is 19.0 Å². The van der Waals surface area contributed by atoms with Gasteiger partial charge in [0.05, 0.1) is 6.54 Å². The lowest BCUT2D eigenvalue weighted by atomic mass is 10.0. The van der Waals surface area contributed by atoms with Crippen molar-refractivity contribution in [2.75, 3.05) is 23.3 Å². The van der Waals surface area contributed by atoms with E-state index < -0.39 is 0 Å². The molecule has 26 heavy (non-hydrogen) atoms. The third kappa shape index (κ3) is 4.26. The number of rotatable bonds is 6. The minimum atomic E-state index is 0.466. The molecule has 0 spiro atoms. The molecule has 3 N–H and O–H groups in total. The van der Waals surface area contributed by atoms with Crippen molar-refractivity contribution in [2.45, 2.75) is 33.2 Å². The highest BCUT2D eigenvalue weighted by molar-refractivity contribution is 5.93. The van der Waals surface area contributed by atoms with Gasteiger partial charge in [0.2, 0.25) is 0 Å². The summed E-state index contributed by atoms with van der Waals surface area (Å²) in [5.41, 5.74) is 12.2. The zero-order valence-electron chi connectivity index (χ0n) is 15.7. The standard InChI is InChI=1S/C22H28N4/c1-3-18-8-7-9-19(4-2)21(18)25-22(23)24-16-17-10-12-20(13-11-17)26-14-5-6-15-26/h5-13H,3-4,14-16H2,1-2H3,(H3,23,24,25). The predicted molar refractivity (Wildman–Crippen MR) is 112 cm³/mol. The van der Waals surface area contributed by atoms with Crippen LogP contribution in [0.4, 0.5) is 11.4 Å². The van der Waals surface area contributed by atoms with Crippen molar-refractivity contribution in [3.05, 3.63) is 71.3 Å². The van der Waals surface area contributed by atoms with Crippen LogP contribution in [0, 0.1) is 0 Å². The molecular formula is C22H28N4. The minimum absolute atomic E-state index is 0.466. The predicted octanol–water partition coefficient (Wildman–Crippen LogP) is 4.11. The van der Waals surface area contributed by atoms with Gasteiger partial charge in [-0.3, -0.25) is 0 Å². The number of nitrogens with zero attached hydrogens (tertiary/aromatic N) is 2. The van der Waals surface area contributed by atoms with Gasteiger partial charge < -0.3 is 16.0 Å². The fourth-order valence-corrected chi connectivity index (χ4v) is 3.25. The molecule has 0 saturated heterocycles. The molecule has 0 bridgehead atoms. The summed E-state index contributed by atoms with van der Waals surface area (Å²) < 4.78 is 0. The second-order valence-electron chi connectivity index (χ2n) is 6.53. The Kier molecular flexibility index (Phi) is 5.95. The minimum Gasteiger partial charge on any atom is -0.370 e. The summed E-state index contributed by atoms with van der Waals surface area (Å²) in [6.45, 7) is 6.87. The van der Waals surface area contributed by atoms with Gasteiger partial charge in [0.15, 0.2) is 5.96 Å². The maximum atomic E-state index is 6.15. The van der Waals surface area contributed by atoms with Crippen molar-refractivity contribution >= 4 is 17.3 Å². The number of hydrogen-bond donors (Lipinski definition) is 2. The van der Waals surface area contributed by atoms with E-state index in [1.54, 1.807) is 0 Å². The van der Waals surface area contributed by atoms with Crippen molar-refractivity contribution in [3.8, 4) is 0 Å². The monoisotopic (exact) mass is 348 g/mol. The molecule has 4 heteroatoms. The van der Waals surface area contributed by atoms with E-state index >= 15 is 0 Å². The second-order valence-corrected chi connectivity index (χ2v) is 6.53. The number of nitrogens with one attached hydrogen (secondary N) is 1. The van der Waals surface area contributed by atoms with Gasteiger partial charge in [-0.15, -0.1) is 0 Å². The van der Waals surface area contributed by atoms with Crippen molar-refractivity contribution in [1.29, 1.82) is 0 Å². The Labute approximate surface area is 156 Å². The van der Waals surface area contributed by atoms with E-state index in [1.807, 2.05) is 0 Å². The zero-order valence-corrected chi connectivity index (χ0v) is 15.7. The average molecular weight is 348 g/mol. The van der Waals surface area contributed by atoms with Gasteiger partial charge in [-0.25, -0.2) is 4.99 Å². The SMILES string of the molecule is CCc1cccc(CC)c1NC(N)=NCc1ccc(N2CC=CC2)cc1. The van der Waals surface area contributed by atoms with Crippen LogP contribution in [0.3, 0.4) is 0 Å². The Morgan fingerprint density at radius 2 is 1.62 bits per heavy atom. The number of para-hydroxylation sites is 1. The molecule has 0 aromatic heterocycles. The maximum absolute atomic E-state index is 6.15. The first kappa shape index (κ1) is 18.1. The fourth-order valence-electron chi connectivity index (χ4n) is 3.25. The fraction of sp³-hybridized carbons (Fsp3) is 0.318. The van der Waals surface area contributed by atoms with E-state index in [-0.39, 0.29) is 0 Å². The molecule has 0 saturated carbocycles. The molecule has 1 heterocycles. The third-order valence-corrected chi connectivity index (χ3v) is 4.80. The van der Waals surface area contributed by atoms with Crippen LogP contribution in [0.25, 0.3) is 0 Å². The van der Waals surface area contributed by atoms with Crippen molar-refractivity contribution in [3.63, 3.8) is 0 Å². The van der Waals surface area contributed by atoms with Crippen LogP contribution >= 0.6 is 0 Å². The van der Waals surface area contributed by atoms with E-state index in [0.717, 1.165) is 37.2 Å². The van der Waals surface area contributed by atoms with Crippen molar-refractivity contribution in [2.24, 2.45) is 10.7 Å². The van der Waals surface area contributed by atoms with Crippen LogP contribution in [-0.2, 0) is 19.4 Å². The summed E-state index contributed by atoms with van der Waals surface area (Å²) in [7, 11) is 0. The zero-order chi connectivity index (χ0) is 18.4. The van der Waals surface area contributed by atoms with Crippen LogP contribution in [0.1, 0.15) is 30.5 Å². The molecule has 1 aliphatic rings.